The molecule has 0 spiro atoms. The van der Waals surface area contributed by atoms with Crippen LogP contribution in [0.2, 0.25) is 0 Å². The van der Waals surface area contributed by atoms with Crippen LogP contribution in [0.5, 0.6) is 0 Å². The summed E-state index contributed by atoms with van der Waals surface area (Å²) in [5, 5.41) is 4.47. The second kappa shape index (κ2) is 4.42. The minimum Gasteiger partial charge on any atom is -0.295 e. The average molecular weight is 257 g/mol. The van der Waals surface area contributed by atoms with Crippen molar-refractivity contribution in [1.82, 2.24) is 14.7 Å². The molecule has 0 unspecified atom stereocenters. The lowest BCUT2D eigenvalue weighted by Crippen LogP contribution is -2.37. The molecule has 17 heavy (non-hydrogen) atoms. The van der Waals surface area contributed by atoms with Gasteiger partial charge in [-0.05, 0) is 19.4 Å². The molecule has 0 fully saturated rings. The first kappa shape index (κ1) is 12.6. The normalized spacial score (nSPS) is 17.1. The lowest BCUT2D eigenvalue weighted by atomic mass is 10.2. The van der Waals surface area contributed by atoms with E-state index in [0.29, 0.717) is 6.54 Å². The van der Waals surface area contributed by atoms with Crippen LogP contribution in [0.3, 0.4) is 0 Å². The molecule has 0 bridgehead atoms. The Morgan fingerprint density at radius 1 is 1.29 bits per heavy atom. The summed E-state index contributed by atoms with van der Waals surface area (Å²) in [4.78, 5) is 2.19. The number of rotatable bonds is 3. The van der Waals surface area contributed by atoms with Crippen LogP contribution in [-0.2, 0) is 22.9 Å². The zero-order valence-electron chi connectivity index (χ0n) is 10.6. The highest BCUT2D eigenvalue weighted by Gasteiger charge is 2.21. The molecule has 0 saturated carbocycles. The highest BCUT2D eigenvalue weighted by atomic mass is 32.2. The van der Waals surface area contributed by atoms with Crippen molar-refractivity contribution in [3.63, 3.8) is 0 Å². The molecule has 1 aromatic heterocycles. The number of fused-ring (bicyclic) bond motifs is 1. The zero-order valence-corrected chi connectivity index (χ0v) is 11.4. The number of hydrogen-bond acceptors (Lipinski definition) is 4. The molecule has 2 rings (SSSR count). The van der Waals surface area contributed by atoms with Gasteiger partial charge in [-0.1, -0.05) is 0 Å². The molecule has 1 aliphatic heterocycles. The lowest BCUT2D eigenvalue weighted by Gasteiger charge is -2.27. The van der Waals surface area contributed by atoms with E-state index in [0.717, 1.165) is 25.3 Å². The average Bonchev–Trinajstić information content (AvgIpc) is 2.51. The van der Waals surface area contributed by atoms with Gasteiger partial charge in [-0.15, -0.1) is 0 Å². The highest BCUT2D eigenvalue weighted by Crippen LogP contribution is 2.18. The third kappa shape index (κ3) is 2.87. The van der Waals surface area contributed by atoms with Gasteiger partial charge >= 0.3 is 0 Å². The quantitative estimate of drug-likeness (QED) is 0.784. The number of nitrogens with zero attached hydrogens (tertiary/aromatic N) is 3. The van der Waals surface area contributed by atoms with E-state index in [-0.39, 0.29) is 5.75 Å². The highest BCUT2D eigenvalue weighted by molar-refractivity contribution is 7.90. The number of hydrogen-bond donors (Lipinski definition) is 0. The number of aryl methyl sites for hydroxylation is 1. The maximum atomic E-state index is 11.1. The van der Waals surface area contributed by atoms with Gasteiger partial charge in [0.1, 0.15) is 9.84 Å². The lowest BCUT2D eigenvalue weighted by molar-refractivity contribution is 0.224. The Bertz CT molecular complexity index is 519. The van der Waals surface area contributed by atoms with Gasteiger partial charge in [0, 0.05) is 25.9 Å². The van der Waals surface area contributed by atoms with Crippen molar-refractivity contribution >= 4 is 9.84 Å². The minimum absolute atomic E-state index is 0.235. The maximum Gasteiger partial charge on any atom is 0.148 e. The van der Waals surface area contributed by atoms with Gasteiger partial charge in [-0.25, -0.2) is 8.42 Å². The van der Waals surface area contributed by atoms with Crippen LogP contribution in [0.15, 0.2) is 0 Å². The molecule has 0 saturated heterocycles. The van der Waals surface area contributed by atoms with E-state index >= 15 is 0 Å². The van der Waals surface area contributed by atoms with Gasteiger partial charge in [0.15, 0.2) is 0 Å². The van der Waals surface area contributed by atoms with Crippen LogP contribution >= 0.6 is 0 Å². The first-order valence-electron chi connectivity index (χ1n) is 5.80. The third-order valence-corrected chi connectivity index (χ3v) is 4.26. The van der Waals surface area contributed by atoms with E-state index < -0.39 is 9.84 Å². The maximum absolute atomic E-state index is 11.1. The molecule has 2 heterocycles. The van der Waals surface area contributed by atoms with Crippen LogP contribution in [0.1, 0.15) is 17.0 Å². The Labute approximate surface area is 102 Å². The van der Waals surface area contributed by atoms with Crippen LogP contribution in [0.4, 0.5) is 0 Å². The van der Waals surface area contributed by atoms with Crippen molar-refractivity contribution in [2.24, 2.45) is 0 Å². The van der Waals surface area contributed by atoms with E-state index in [4.69, 9.17) is 0 Å². The fourth-order valence-corrected chi connectivity index (χ4v) is 2.71. The zero-order chi connectivity index (χ0) is 12.6. The summed E-state index contributed by atoms with van der Waals surface area (Å²) in [6, 6.07) is 0. The van der Waals surface area contributed by atoms with Crippen LogP contribution in [0, 0.1) is 13.8 Å². The fourth-order valence-electron chi connectivity index (χ4n) is 2.12. The molecule has 0 aliphatic carbocycles. The minimum atomic E-state index is -2.87. The topological polar surface area (TPSA) is 55.2 Å². The SMILES string of the molecule is Cc1nn2c(c1C)CN(CCS(C)(=O)=O)CC2. The molecule has 5 nitrogen and oxygen atoms in total. The van der Waals surface area contributed by atoms with Crippen molar-refractivity contribution in [1.29, 1.82) is 0 Å². The van der Waals surface area contributed by atoms with Crippen molar-refractivity contribution in [2.75, 3.05) is 25.1 Å². The van der Waals surface area contributed by atoms with Crippen molar-refractivity contribution in [2.45, 2.75) is 26.9 Å². The van der Waals surface area contributed by atoms with Gasteiger partial charge in [0.05, 0.1) is 23.7 Å². The van der Waals surface area contributed by atoms with E-state index in [2.05, 4.69) is 16.9 Å². The Morgan fingerprint density at radius 2 is 2.00 bits per heavy atom. The van der Waals surface area contributed by atoms with Gasteiger partial charge in [0.25, 0.3) is 0 Å². The van der Waals surface area contributed by atoms with E-state index in [1.807, 2.05) is 11.6 Å². The molecule has 1 aromatic rings. The molecule has 0 radical (unpaired) electrons. The molecule has 0 atom stereocenters. The standard InChI is InChI=1S/C11H19N3O2S/c1-9-10(2)12-14-5-4-13(8-11(9)14)6-7-17(3,15)16/h4-8H2,1-3H3. The van der Waals surface area contributed by atoms with Crippen LogP contribution < -0.4 is 0 Å². The summed E-state index contributed by atoms with van der Waals surface area (Å²) in [6.07, 6.45) is 1.29. The summed E-state index contributed by atoms with van der Waals surface area (Å²) < 4.78 is 24.3. The predicted molar refractivity (Wildman–Crippen MR) is 66.7 cm³/mol. The summed E-state index contributed by atoms with van der Waals surface area (Å²) >= 11 is 0. The molecule has 0 amide bonds. The summed E-state index contributed by atoms with van der Waals surface area (Å²) in [5.74, 6) is 0.235. The predicted octanol–water partition coefficient (Wildman–Crippen LogP) is 0.360. The van der Waals surface area contributed by atoms with Crippen molar-refractivity contribution in [3.05, 3.63) is 17.0 Å². The summed E-state index contributed by atoms with van der Waals surface area (Å²) in [7, 11) is -2.87. The molecule has 6 heteroatoms. The van der Waals surface area contributed by atoms with Gasteiger partial charge in [-0.3, -0.25) is 9.58 Å². The van der Waals surface area contributed by atoms with Crippen molar-refractivity contribution in [3.8, 4) is 0 Å². The van der Waals surface area contributed by atoms with Crippen LogP contribution in [0.25, 0.3) is 0 Å². The number of aromatic nitrogens is 2. The smallest absolute Gasteiger partial charge is 0.148 e. The molecule has 0 N–H and O–H groups in total. The molecule has 96 valence electrons. The third-order valence-electron chi connectivity index (χ3n) is 3.34. The fraction of sp³-hybridized carbons (Fsp3) is 0.727. The van der Waals surface area contributed by atoms with Gasteiger partial charge in [0.2, 0.25) is 0 Å². The Hall–Kier alpha value is -0.880. The second-order valence-corrected chi connectivity index (χ2v) is 7.05. The van der Waals surface area contributed by atoms with Crippen LogP contribution in [-0.4, -0.2) is 48.2 Å². The molecule has 1 aliphatic rings. The number of sulfone groups is 1. The van der Waals surface area contributed by atoms with E-state index in [9.17, 15) is 8.42 Å². The molecular weight excluding hydrogens is 238 g/mol. The van der Waals surface area contributed by atoms with Gasteiger partial charge in [-0.2, -0.15) is 5.10 Å². The summed E-state index contributed by atoms with van der Waals surface area (Å²) in [6.45, 7) is 7.25. The molecule has 0 aromatic carbocycles. The first-order valence-corrected chi connectivity index (χ1v) is 7.86. The summed E-state index contributed by atoms with van der Waals surface area (Å²) in [5.41, 5.74) is 3.53. The Balaban J connectivity index is 2.06. The second-order valence-electron chi connectivity index (χ2n) is 4.79. The van der Waals surface area contributed by atoms with E-state index in [1.165, 1.54) is 17.5 Å². The Kier molecular flexibility index (Phi) is 3.27. The van der Waals surface area contributed by atoms with Crippen molar-refractivity contribution < 1.29 is 8.42 Å². The van der Waals surface area contributed by atoms with Gasteiger partial charge < -0.3 is 0 Å². The first-order chi connectivity index (χ1) is 7.87. The Morgan fingerprint density at radius 3 is 2.65 bits per heavy atom. The van der Waals surface area contributed by atoms with E-state index in [1.54, 1.807) is 0 Å². The monoisotopic (exact) mass is 257 g/mol. The molecular formula is C11H19N3O2S. The largest absolute Gasteiger partial charge is 0.295 e.